The number of hydrogen-bond acceptors (Lipinski definition) is 5. The molecule has 1 aromatic heterocycles. The maximum Gasteiger partial charge on any atom is 0.231 e. The maximum absolute atomic E-state index is 12.5. The molecule has 0 saturated carbocycles. The van der Waals surface area contributed by atoms with E-state index in [4.69, 9.17) is 0 Å². The van der Waals surface area contributed by atoms with Crippen LogP contribution in [0.15, 0.2) is 24.3 Å². The summed E-state index contributed by atoms with van der Waals surface area (Å²) < 4.78 is 0. The average Bonchev–Trinajstić information content (AvgIpc) is 3.13. The monoisotopic (exact) mass is 372 g/mol. The Bertz CT molecular complexity index is 808. The normalized spacial score (nSPS) is 17.6. The lowest BCUT2D eigenvalue weighted by Gasteiger charge is -2.16. The van der Waals surface area contributed by atoms with Crippen molar-refractivity contribution >= 4 is 34.0 Å². The first-order valence-electron chi connectivity index (χ1n) is 8.71. The summed E-state index contributed by atoms with van der Waals surface area (Å²) >= 11 is 1.39. The van der Waals surface area contributed by atoms with Crippen LogP contribution in [0.2, 0.25) is 0 Å². The van der Waals surface area contributed by atoms with Gasteiger partial charge in [0.2, 0.25) is 16.9 Å². The molecule has 0 aliphatic carbocycles. The van der Waals surface area contributed by atoms with E-state index in [1.807, 2.05) is 31.2 Å². The average molecular weight is 372 g/mol. The first-order chi connectivity index (χ1) is 12.2. The highest BCUT2D eigenvalue weighted by Gasteiger charge is 2.35. The molecule has 1 N–H and O–H groups in total. The van der Waals surface area contributed by atoms with Crippen LogP contribution in [0.4, 0.5) is 10.8 Å². The van der Waals surface area contributed by atoms with Crippen LogP contribution in [0.5, 0.6) is 0 Å². The molecule has 26 heavy (non-hydrogen) atoms. The molecule has 0 unspecified atom stereocenters. The molecule has 0 radical (unpaired) electrons. The van der Waals surface area contributed by atoms with Gasteiger partial charge >= 0.3 is 0 Å². The van der Waals surface area contributed by atoms with Crippen molar-refractivity contribution in [1.82, 2.24) is 10.2 Å². The number of rotatable bonds is 4. The minimum atomic E-state index is -0.376. The van der Waals surface area contributed by atoms with Crippen molar-refractivity contribution in [3.05, 3.63) is 34.8 Å². The number of nitrogens with zero attached hydrogens (tertiary/aromatic N) is 3. The van der Waals surface area contributed by atoms with E-state index < -0.39 is 0 Å². The van der Waals surface area contributed by atoms with Gasteiger partial charge in [-0.15, -0.1) is 10.2 Å². The summed E-state index contributed by atoms with van der Waals surface area (Å²) in [5.74, 6) is -0.579. The van der Waals surface area contributed by atoms with Crippen molar-refractivity contribution in [3.8, 4) is 0 Å². The van der Waals surface area contributed by atoms with Crippen molar-refractivity contribution < 1.29 is 9.59 Å². The second-order valence-corrected chi connectivity index (χ2v) is 9.03. The highest BCUT2D eigenvalue weighted by molar-refractivity contribution is 7.15. The van der Waals surface area contributed by atoms with Crippen LogP contribution < -0.4 is 10.2 Å². The van der Waals surface area contributed by atoms with Crippen molar-refractivity contribution in [2.75, 3.05) is 16.8 Å². The molecule has 1 atom stereocenters. The third-order valence-corrected chi connectivity index (χ3v) is 5.06. The van der Waals surface area contributed by atoms with E-state index in [0.717, 1.165) is 22.7 Å². The molecular weight excluding hydrogens is 348 g/mol. The molecule has 1 fully saturated rings. The Morgan fingerprint density at radius 1 is 1.27 bits per heavy atom. The molecule has 2 aromatic rings. The van der Waals surface area contributed by atoms with E-state index in [0.29, 0.717) is 11.7 Å². The minimum Gasteiger partial charge on any atom is -0.312 e. The van der Waals surface area contributed by atoms with Crippen LogP contribution in [0.3, 0.4) is 0 Å². The van der Waals surface area contributed by atoms with Gasteiger partial charge in [0.15, 0.2) is 0 Å². The molecule has 0 spiro atoms. The van der Waals surface area contributed by atoms with Crippen LogP contribution in [-0.2, 0) is 16.0 Å². The molecule has 3 rings (SSSR count). The molecule has 1 aliphatic heterocycles. The number of aromatic nitrogens is 2. The van der Waals surface area contributed by atoms with Crippen LogP contribution >= 0.6 is 11.3 Å². The van der Waals surface area contributed by atoms with Gasteiger partial charge in [-0.3, -0.25) is 9.59 Å². The van der Waals surface area contributed by atoms with Crippen LogP contribution in [-0.4, -0.2) is 28.6 Å². The van der Waals surface area contributed by atoms with E-state index in [9.17, 15) is 9.59 Å². The van der Waals surface area contributed by atoms with Crippen molar-refractivity contribution in [1.29, 1.82) is 0 Å². The Labute approximate surface area is 157 Å². The standard InChI is InChI=1S/C19H24N4O2S/c1-12-5-7-14(8-6-12)23-11-13(9-16(23)24)17(25)20-18-22-21-15(26-18)10-19(2,3)4/h5-8,13H,9-11H2,1-4H3,(H,20,22,25)/t13-/m0/s1. The molecule has 7 heteroatoms. The molecule has 6 nitrogen and oxygen atoms in total. The number of carbonyl (C=O) groups is 2. The van der Waals surface area contributed by atoms with Gasteiger partial charge in [-0.1, -0.05) is 49.8 Å². The number of benzene rings is 1. The van der Waals surface area contributed by atoms with Crippen molar-refractivity contribution in [2.24, 2.45) is 11.3 Å². The second kappa shape index (κ2) is 7.15. The molecule has 1 aliphatic rings. The molecule has 1 aromatic carbocycles. The number of nitrogens with one attached hydrogen (secondary N) is 1. The van der Waals surface area contributed by atoms with Crippen molar-refractivity contribution in [2.45, 2.75) is 40.5 Å². The number of amides is 2. The van der Waals surface area contributed by atoms with E-state index in [-0.39, 0.29) is 29.6 Å². The Kier molecular flexibility index (Phi) is 5.09. The van der Waals surface area contributed by atoms with E-state index in [1.165, 1.54) is 11.3 Å². The molecular formula is C19H24N4O2S. The molecule has 0 bridgehead atoms. The lowest BCUT2D eigenvalue weighted by molar-refractivity contribution is -0.122. The van der Waals surface area contributed by atoms with Crippen molar-refractivity contribution in [3.63, 3.8) is 0 Å². The zero-order valence-corrected chi connectivity index (χ0v) is 16.4. The number of carbonyl (C=O) groups excluding carboxylic acids is 2. The topological polar surface area (TPSA) is 75.2 Å². The van der Waals surface area contributed by atoms with Gasteiger partial charge in [0.1, 0.15) is 5.01 Å². The SMILES string of the molecule is Cc1ccc(N2C[C@@H](C(=O)Nc3nnc(CC(C)(C)C)s3)CC2=O)cc1. The highest BCUT2D eigenvalue weighted by atomic mass is 32.1. The van der Waals surface area contributed by atoms with Gasteiger partial charge in [0.05, 0.1) is 5.92 Å². The Balaban J connectivity index is 1.62. The molecule has 138 valence electrons. The third-order valence-electron chi connectivity index (χ3n) is 4.22. The number of aryl methyl sites for hydroxylation is 1. The summed E-state index contributed by atoms with van der Waals surface area (Å²) in [4.78, 5) is 26.5. The maximum atomic E-state index is 12.5. The summed E-state index contributed by atoms with van der Waals surface area (Å²) in [7, 11) is 0. The lowest BCUT2D eigenvalue weighted by atomic mass is 9.93. The van der Waals surface area contributed by atoms with E-state index in [1.54, 1.807) is 4.90 Å². The zero-order valence-electron chi connectivity index (χ0n) is 15.6. The second-order valence-electron chi connectivity index (χ2n) is 7.97. The highest BCUT2D eigenvalue weighted by Crippen LogP contribution is 2.28. The van der Waals surface area contributed by atoms with Crippen LogP contribution in [0.1, 0.15) is 37.8 Å². The van der Waals surface area contributed by atoms with Gasteiger partial charge in [0.25, 0.3) is 0 Å². The van der Waals surface area contributed by atoms with Crippen LogP contribution in [0, 0.1) is 18.3 Å². The Hall–Kier alpha value is -2.28. The number of hydrogen-bond donors (Lipinski definition) is 1. The Morgan fingerprint density at radius 2 is 1.96 bits per heavy atom. The largest absolute Gasteiger partial charge is 0.312 e. The fraction of sp³-hybridized carbons (Fsp3) is 0.474. The van der Waals surface area contributed by atoms with Gasteiger partial charge in [-0.2, -0.15) is 0 Å². The zero-order chi connectivity index (χ0) is 18.9. The van der Waals surface area contributed by atoms with Gasteiger partial charge in [0, 0.05) is 25.1 Å². The minimum absolute atomic E-state index is 0.0281. The summed E-state index contributed by atoms with van der Waals surface area (Å²) in [6, 6.07) is 7.76. The van der Waals surface area contributed by atoms with Gasteiger partial charge in [-0.25, -0.2) is 0 Å². The van der Waals surface area contributed by atoms with Crippen LogP contribution in [0.25, 0.3) is 0 Å². The summed E-state index contributed by atoms with van der Waals surface area (Å²) in [6.07, 6.45) is 1.02. The van der Waals surface area contributed by atoms with Gasteiger partial charge in [-0.05, 0) is 24.5 Å². The predicted molar refractivity (Wildman–Crippen MR) is 103 cm³/mol. The third kappa shape index (κ3) is 4.46. The Morgan fingerprint density at radius 3 is 2.62 bits per heavy atom. The first kappa shape index (κ1) is 18.5. The smallest absolute Gasteiger partial charge is 0.231 e. The summed E-state index contributed by atoms with van der Waals surface area (Å²) in [5, 5.41) is 12.4. The summed E-state index contributed by atoms with van der Waals surface area (Å²) in [5.41, 5.74) is 2.09. The molecule has 2 amide bonds. The predicted octanol–water partition coefficient (Wildman–Crippen LogP) is 3.43. The van der Waals surface area contributed by atoms with Gasteiger partial charge < -0.3 is 10.2 Å². The molecule has 1 saturated heterocycles. The van der Waals surface area contributed by atoms with E-state index >= 15 is 0 Å². The molecule has 2 heterocycles. The number of anilines is 2. The summed E-state index contributed by atoms with van der Waals surface area (Å²) in [6.45, 7) is 8.80. The fourth-order valence-electron chi connectivity index (χ4n) is 2.89. The quantitative estimate of drug-likeness (QED) is 0.892. The van der Waals surface area contributed by atoms with E-state index in [2.05, 4.69) is 36.3 Å². The first-order valence-corrected chi connectivity index (χ1v) is 9.53. The lowest BCUT2D eigenvalue weighted by Crippen LogP contribution is -2.28. The fourth-order valence-corrected chi connectivity index (χ4v) is 3.94.